The van der Waals surface area contributed by atoms with Crippen molar-refractivity contribution in [2.24, 2.45) is 11.1 Å². The van der Waals surface area contributed by atoms with Gasteiger partial charge in [0.25, 0.3) is 0 Å². The van der Waals surface area contributed by atoms with E-state index in [-0.39, 0.29) is 17.6 Å². The number of hydrogen-bond donors (Lipinski definition) is 1. The van der Waals surface area contributed by atoms with Crippen LogP contribution in [-0.4, -0.2) is 17.1 Å². The molecular formula is C13H21ClN2O. The summed E-state index contributed by atoms with van der Waals surface area (Å²) < 4.78 is 5.94. The van der Waals surface area contributed by atoms with E-state index in [1.807, 2.05) is 0 Å². The van der Waals surface area contributed by atoms with Crippen LogP contribution >= 0.6 is 11.6 Å². The zero-order chi connectivity index (χ0) is 13.1. The van der Waals surface area contributed by atoms with Crippen molar-refractivity contribution < 1.29 is 4.74 Å². The lowest BCUT2D eigenvalue weighted by Crippen LogP contribution is -2.47. The van der Waals surface area contributed by atoms with Gasteiger partial charge in [0.1, 0.15) is 11.9 Å². The van der Waals surface area contributed by atoms with Crippen LogP contribution in [0.4, 0.5) is 0 Å². The molecule has 0 saturated heterocycles. The summed E-state index contributed by atoms with van der Waals surface area (Å²) in [6.45, 7) is 8.41. The van der Waals surface area contributed by atoms with Crippen molar-refractivity contribution in [3.63, 3.8) is 0 Å². The third kappa shape index (κ3) is 4.17. The molecule has 2 unspecified atom stereocenters. The molecule has 96 valence electrons. The maximum absolute atomic E-state index is 6.11. The van der Waals surface area contributed by atoms with E-state index in [4.69, 9.17) is 22.1 Å². The van der Waals surface area contributed by atoms with Crippen molar-refractivity contribution >= 4 is 11.6 Å². The largest absolute Gasteiger partial charge is 0.487 e. The maximum atomic E-state index is 6.11. The average Bonchev–Trinajstić information content (AvgIpc) is 2.23. The molecule has 0 bridgehead atoms. The smallest absolute Gasteiger partial charge is 0.139 e. The topological polar surface area (TPSA) is 48.1 Å². The van der Waals surface area contributed by atoms with Gasteiger partial charge < -0.3 is 10.5 Å². The van der Waals surface area contributed by atoms with Crippen LogP contribution in [0.3, 0.4) is 0 Å². The minimum Gasteiger partial charge on any atom is -0.487 e. The molecule has 17 heavy (non-hydrogen) atoms. The lowest BCUT2D eigenvalue weighted by molar-refractivity contribution is 0.0618. The molecule has 0 aliphatic rings. The minimum atomic E-state index is -0.0623. The number of halogens is 1. The second kappa shape index (κ2) is 5.69. The van der Waals surface area contributed by atoms with E-state index in [2.05, 4.69) is 32.7 Å². The number of nitrogens with two attached hydrogens (primary N) is 1. The summed E-state index contributed by atoms with van der Waals surface area (Å²) in [5.41, 5.74) is 6.08. The van der Waals surface area contributed by atoms with E-state index in [9.17, 15) is 0 Å². The first-order chi connectivity index (χ1) is 7.84. The zero-order valence-electron chi connectivity index (χ0n) is 10.9. The average molecular weight is 257 g/mol. The Hall–Kier alpha value is -0.800. The summed E-state index contributed by atoms with van der Waals surface area (Å²) in [4.78, 5) is 4.01. The molecule has 0 amide bonds. The first kappa shape index (κ1) is 14.3. The third-order valence-corrected chi connectivity index (χ3v) is 2.86. The fourth-order valence-electron chi connectivity index (χ4n) is 1.72. The molecule has 1 rings (SSSR count). The molecule has 1 heterocycles. The number of rotatable bonds is 4. The molecule has 0 fully saturated rings. The van der Waals surface area contributed by atoms with Gasteiger partial charge in [-0.3, -0.25) is 4.98 Å². The van der Waals surface area contributed by atoms with Crippen molar-refractivity contribution in [1.29, 1.82) is 0 Å². The Balaban J connectivity index is 2.87. The normalized spacial score (nSPS) is 15.4. The highest BCUT2D eigenvalue weighted by molar-refractivity contribution is 6.30. The number of aromatic nitrogens is 1. The predicted molar refractivity (Wildman–Crippen MR) is 71.4 cm³/mol. The Labute approximate surface area is 108 Å². The van der Waals surface area contributed by atoms with Gasteiger partial charge in [-0.15, -0.1) is 0 Å². The quantitative estimate of drug-likeness (QED) is 0.900. The van der Waals surface area contributed by atoms with Gasteiger partial charge >= 0.3 is 0 Å². The van der Waals surface area contributed by atoms with Crippen molar-refractivity contribution in [2.75, 3.05) is 0 Å². The Kier molecular flexibility index (Phi) is 4.78. The molecule has 0 aliphatic heterocycles. The second-order valence-corrected chi connectivity index (χ2v) is 5.75. The molecule has 3 nitrogen and oxygen atoms in total. The zero-order valence-corrected chi connectivity index (χ0v) is 11.7. The van der Waals surface area contributed by atoms with Crippen LogP contribution in [-0.2, 0) is 0 Å². The maximum Gasteiger partial charge on any atom is 0.139 e. The molecule has 4 heteroatoms. The SMILES string of the molecule is CCC(N)C(Oc1cncc(Cl)c1)C(C)(C)C. The van der Waals surface area contributed by atoms with Gasteiger partial charge in [-0.2, -0.15) is 0 Å². The minimum absolute atomic E-state index is 0.00557. The molecule has 0 radical (unpaired) electrons. The lowest BCUT2D eigenvalue weighted by atomic mass is 9.84. The van der Waals surface area contributed by atoms with E-state index < -0.39 is 0 Å². The Morgan fingerprint density at radius 3 is 2.53 bits per heavy atom. The molecule has 2 N–H and O–H groups in total. The molecule has 2 atom stereocenters. The summed E-state index contributed by atoms with van der Waals surface area (Å²) in [5.74, 6) is 0.668. The molecular weight excluding hydrogens is 236 g/mol. The van der Waals surface area contributed by atoms with Gasteiger partial charge in [-0.05, 0) is 6.42 Å². The van der Waals surface area contributed by atoms with Crippen molar-refractivity contribution in [3.8, 4) is 5.75 Å². The summed E-state index contributed by atoms with van der Waals surface area (Å²) >= 11 is 5.88. The van der Waals surface area contributed by atoms with Crippen LogP contribution in [0.15, 0.2) is 18.5 Å². The highest BCUT2D eigenvalue weighted by Gasteiger charge is 2.31. The first-order valence-corrected chi connectivity index (χ1v) is 6.25. The van der Waals surface area contributed by atoms with Gasteiger partial charge in [-0.25, -0.2) is 0 Å². The van der Waals surface area contributed by atoms with Crippen LogP contribution in [0.5, 0.6) is 5.75 Å². The molecule has 0 saturated carbocycles. The second-order valence-electron chi connectivity index (χ2n) is 5.32. The van der Waals surface area contributed by atoms with E-state index in [0.717, 1.165) is 6.42 Å². The summed E-state index contributed by atoms with van der Waals surface area (Å²) in [5, 5.41) is 0.570. The van der Waals surface area contributed by atoms with E-state index in [1.165, 1.54) is 0 Å². The Morgan fingerprint density at radius 2 is 2.06 bits per heavy atom. The number of nitrogens with zero attached hydrogens (tertiary/aromatic N) is 1. The van der Waals surface area contributed by atoms with Gasteiger partial charge in [0.2, 0.25) is 0 Å². The molecule has 1 aromatic rings. The van der Waals surface area contributed by atoms with E-state index in [1.54, 1.807) is 18.5 Å². The van der Waals surface area contributed by atoms with Crippen LogP contribution in [0, 0.1) is 5.41 Å². The van der Waals surface area contributed by atoms with Crippen molar-refractivity contribution in [2.45, 2.75) is 46.3 Å². The highest BCUT2D eigenvalue weighted by atomic mass is 35.5. The van der Waals surface area contributed by atoms with Gasteiger partial charge in [-0.1, -0.05) is 39.3 Å². The van der Waals surface area contributed by atoms with Crippen LogP contribution in [0.1, 0.15) is 34.1 Å². The molecule has 0 aromatic carbocycles. The van der Waals surface area contributed by atoms with Crippen LogP contribution < -0.4 is 10.5 Å². The number of ether oxygens (including phenoxy) is 1. The van der Waals surface area contributed by atoms with Crippen LogP contribution in [0.2, 0.25) is 5.02 Å². The third-order valence-electron chi connectivity index (χ3n) is 2.66. The lowest BCUT2D eigenvalue weighted by Gasteiger charge is -2.35. The van der Waals surface area contributed by atoms with Gasteiger partial charge in [0, 0.05) is 23.7 Å². The van der Waals surface area contributed by atoms with Gasteiger partial charge in [0.05, 0.1) is 11.2 Å². The Morgan fingerprint density at radius 1 is 1.41 bits per heavy atom. The number of pyridine rings is 1. The standard InChI is InChI=1S/C13H21ClN2O/c1-5-11(15)12(13(2,3)4)17-10-6-9(14)7-16-8-10/h6-8,11-12H,5,15H2,1-4H3. The number of hydrogen-bond acceptors (Lipinski definition) is 3. The summed E-state index contributed by atoms with van der Waals surface area (Å²) in [6, 6.07) is 1.75. The van der Waals surface area contributed by atoms with E-state index in [0.29, 0.717) is 10.8 Å². The monoisotopic (exact) mass is 256 g/mol. The van der Waals surface area contributed by atoms with E-state index >= 15 is 0 Å². The van der Waals surface area contributed by atoms with Crippen molar-refractivity contribution in [3.05, 3.63) is 23.5 Å². The highest BCUT2D eigenvalue weighted by Crippen LogP contribution is 2.28. The molecule has 0 spiro atoms. The van der Waals surface area contributed by atoms with Gasteiger partial charge in [0.15, 0.2) is 0 Å². The molecule has 1 aromatic heterocycles. The van der Waals surface area contributed by atoms with Crippen molar-refractivity contribution in [1.82, 2.24) is 4.98 Å². The predicted octanol–water partition coefficient (Wildman–Crippen LogP) is 3.27. The fourth-order valence-corrected chi connectivity index (χ4v) is 1.89. The Bertz CT molecular complexity index is 363. The van der Waals surface area contributed by atoms with Crippen LogP contribution in [0.25, 0.3) is 0 Å². The summed E-state index contributed by atoms with van der Waals surface area (Å²) in [6.07, 6.45) is 4.05. The fraction of sp³-hybridized carbons (Fsp3) is 0.615. The first-order valence-electron chi connectivity index (χ1n) is 5.87. The summed E-state index contributed by atoms with van der Waals surface area (Å²) in [7, 11) is 0. The molecule has 0 aliphatic carbocycles.